The molecule has 7 heteroatoms. The molecule has 1 amide bonds. The van der Waals surface area contributed by atoms with Crippen molar-refractivity contribution >= 4 is 30.1 Å². The Kier molecular flexibility index (Phi) is 8.73. The standard InChI is InChI=1S/C17H26N2O3S.ClH/c1-19(17(20)12-6-5-7-18-10-12)11-13-8-14(21-2)15(22-3)9-16(13)23-4;/h8-9,12,18H,5-7,10-11H2,1-4H3;1H. The fourth-order valence-electron chi connectivity index (χ4n) is 2.92. The lowest BCUT2D eigenvalue weighted by Crippen LogP contribution is -2.41. The van der Waals surface area contributed by atoms with Gasteiger partial charge in [-0.2, -0.15) is 0 Å². The average molecular weight is 375 g/mol. The molecule has 1 saturated heterocycles. The molecular formula is C17H27ClN2O3S. The van der Waals surface area contributed by atoms with Gasteiger partial charge in [0.05, 0.1) is 20.1 Å². The molecule has 0 saturated carbocycles. The van der Waals surface area contributed by atoms with Crippen molar-refractivity contribution in [3.05, 3.63) is 17.7 Å². The Morgan fingerprint density at radius 3 is 2.54 bits per heavy atom. The van der Waals surface area contributed by atoms with Gasteiger partial charge in [0.2, 0.25) is 5.91 Å². The Hall–Kier alpha value is -1.11. The SMILES string of the molecule is COc1cc(CN(C)C(=O)C2CCCNC2)c(SC)cc1OC.Cl. The number of nitrogens with one attached hydrogen (secondary N) is 1. The number of rotatable bonds is 6. The highest BCUT2D eigenvalue weighted by Gasteiger charge is 2.24. The Balaban J connectivity index is 0.00000288. The predicted molar refractivity (Wildman–Crippen MR) is 101 cm³/mol. The van der Waals surface area contributed by atoms with Crippen molar-refractivity contribution in [1.82, 2.24) is 10.2 Å². The van der Waals surface area contributed by atoms with Gasteiger partial charge in [-0.25, -0.2) is 0 Å². The molecule has 1 unspecified atom stereocenters. The number of ether oxygens (including phenoxy) is 2. The maximum Gasteiger partial charge on any atom is 0.227 e. The third-order valence-electron chi connectivity index (χ3n) is 4.22. The van der Waals surface area contributed by atoms with Crippen molar-refractivity contribution in [1.29, 1.82) is 0 Å². The first kappa shape index (κ1) is 20.9. The summed E-state index contributed by atoms with van der Waals surface area (Å²) in [5.74, 6) is 1.71. The van der Waals surface area contributed by atoms with Crippen LogP contribution in [0.2, 0.25) is 0 Å². The van der Waals surface area contributed by atoms with Gasteiger partial charge in [0, 0.05) is 25.0 Å². The Morgan fingerprint density at radius 2 is 2.00 bits per heavy atom. The summed E-state index contributed by atoms with van der Waals surface area (Å²) in [5.41, 5.74) is 1.08. The monoisotopic (exact) mass is 374 g/mol. The van der Waals surface area contributed by atoms with Crippen LogP contribution in [0.3, 0.4) is 0 Å². The summed E-state index contributed by atoms with van der Waals surface area (Å²) in [6.45, 7) is 2.37. The number of carbonyl (C=O) groups is 1. The van der Waals surface area contributed by atoms with Crippen LogP contribution in [0.1, 0.15) is 18.4 Å². The van der Waals surface area contributed by atoms with Gasteiger partial charge in [-0.05, 0) is 43.3 Å². The second-order valence-corrected chi connectivity index (χ2v) is 6.60. The highest BCUT2D eigenvalue weighted by Crippen LogP contribution is 2.35. The number of halogens is 1. The van der Waals surface area contributed by atoms with Crippen LogP contribution in [0.25, 0.3) is 0 Å². The van der Waals surface area contributed by atoms with E-state index in [1.54, 1.807) is 26.0 Å². The second-order valence-electron chi connectivity index (χ2n) is 5.76. The molecular weight excluding hydrogens is 348 g/mol. The number of benzene rings is 1. The third kappa shape index (κ3) is 4.94. The van der Waals surface area contributed by atoms with Crippen LogP contribution in [0.4, 0.5) is 0 Å². The van der Waals surface area contributed by atoms with Gasteiger partial charge < -0.3 is 19.7 Å². The van der Waals surface area contributed by atoms with Crippen LogP contribution in [0.15, 0.2) is 17.0 Å². The minimum Gasteiger partial charge on any atom is -0.493 e. The number of methoxy groups -OCH3 is 2. The maximum atomic E-state index is 12.6. The zero-order valence-electron chi connectivity index (χ0n) is 14.8. The van der Waals surface area contributed by atoms with E-state index in [1.165, 1.54) is 0 Å². The molecule has 0 aliphatic carbocycles. The van der Waals surface area contributed by atoms with E-state index in [0.29, 0.717) is 18.0 Å². The van der Waals surface area contributed by atoms with Gasteiger partial charge in [-0.15, -0.1) is 24.2 Å². The smallest absolute Gasteiger partial charge is 0.227 e. The highest BCUT2D eigenvalue weighted by atomic mass is 35.5. The van der Waals surface area contributed by atoms with Crippen molar-refractivity contribution in [2.45, 2.75) is 24.3 Å². The fourth-order valence-corrected chi connectivity index (χ4v) is 3.53. The number of amides is 1. The Morgan fingerprint density at radius 1 is 1.33 bits per heavy atom. The van der Waals surface area contributed by atoms with Crippen LogP contribution < -0.4 is 14.8 Å². The molecule has 1 atom stereocenters. The Bertz CT molecular complexity index is 551. The molecule has 136 valence electrons. The quantitative estimate of drug-likeness (QED) is 0.776. The molecule has 1 aromatic carbocycles. The largest absolute Gasteiger partial charge is 0.493 e. The van der Waals surface area contributed by atoms with E-state index in [0.717, 1.165) is 36.4 Å². The zero-order valence-corrected chi connectivity index (χ0v) is 16.4. The number of piperidine rings is 1. The van der Waals surface area contributed by atoms with Gasteiger partial charge >= 0.3 is 0 Å². The van der Waals surface area contributed by atoms with Crippen molar-refractivity contribution in [3.63, 3.8) is 0 Å². The normalized spacial score (nSPS) is 16.9. The first-order chi connectivity index (χ1) is 11.1. The van der Waals surface area contributed by atoms with Crippen LogP contribution in [-0.4, -0.2) is 51.4 Å². The summed E-state index contributed by atoms with van der Waals surface area (Å²) >= 11 is 1.65. The van der Waals surface area contributed by atoms with Gasteiger partial charge in [-0.3, -0.25) is 4.79 Å². The van der Waals surface area contributed by atoms with Crippen molar-refractivity contribution in [3.8, 4) is 11.5 Å². The molecule has 0 aromatic heterocycles. The fraction of sp³-hybridized carbons (Fsp3) is 0.588. The van der Waals surface area contributed by atoms with E-state index in [4.69, 9.17) is 9.47 Å². The molecule has 1 fully saturated rings. The van der Waals surface area contributed by atoms with E-state index in [-0.39, 0.29) is 24.2 Å². The molecule has 2 rings (SSSR count). The van der Waals surface area contributed by atoms with Crippen molar-refractivity contribution in [2.75, 3.05) is 40.6 Å². The number of hydrogen-bond donors (Lipinski definition) is 1. The first-order valence-electron chi connectivity index (χ1n) is 7.85. The number of nitrogens with zero attached hydrogens (tertiary/aromatic N) is 1. The number of hydrogen-bond acceptors (Lipinski definition) is 5. The predicted octanol–water partition coefficient (Wildman–Crippen LogP) is 2.81. The topological polar surface area (TPSA) is 50.8 Å². The van der Waals surface area contributed by atoms with Gasteiger partial charge in [0.15, 0.2) is 11.5 Å². The third-order valence-corrected chi connectivity index (χ3v) is 5.04. The minimum atomic E-state index is 0. The lowest BCUT2D eigenvalue weighted by atomic mass is 9.98. The van der Waals surface area contributed by atoms with E-state index in [2.05, 4.69) is 5.32 Å². The molecule has 0 radical (unpaired) electrons. The molecule has 1 aliphatic heterocycles. The summed E-state index contributed by atoms with van der Waals surface area (Å²) in [6.07, 6.45) is 4.06. The summed E-state index contributed by atoms with van der Waals surface area (Å²) in [5, 5.41) is 3.30. The molecule has 1 N–H and O–H groups in total. The second kappa shape index (κ2) is 10.0. The zero-order chi connectivity index (χ0) is 16.8. The van der Waals surface area contributed by atoms with Crippen molar-refractivity contribution < 1.29 is 14.3 Å². The lowest BCUT2D eigenvalue weighted by molar-refractivity contribution is -0.135. The molecule has 0 spiro atoms. The van der Waals surface area contributed by atoms with Crippen LogP contribution in [-0.2, 0) is 11.3 Å². The van der Waals surface area contributed by atoms with Crippen molar-refractivity contribution in [2.24, 2.45) is 5.92 Å². The molecule has 5 nitrogen and oxygen atoms in total. The van der Waals surface area contributed by atoms with Gasteiger partial charge in [-0.1, -0.05) is 0 Å². The number of thioether (sulfide) groups is 1. The van der Waals surface area contributed by atoms with Gasteiger partial charge in [0.1, 0.15) is 0 Å². The Labute approximate surface area is 154 Å². The maximum absolute atomic E-state index is 12.6. The van der Waals surface area contributed by atoms with E-state index in [1.807, 2.05) is 30.3 Å². The van der Waals surface area contributed by atoms with Crippen LogP contribution >= 0.6 is 24.2 Å². The highest BCUT2D eigenvalue weighted by molar-refractivity contribution is 7.98. The van der Waals surface area contributed by atoms with E-state index in [9.17, 15) is 4.79 Å². The summed E-state index contributed by atoms with van der Waals surface area (Å²) in [7, 11) is 5.13. The van der Waals surface area contributed by atoms with Crippen LogP contribution in [0.5, 0.6) is 11.5 Å². The van der Waals surface area contributed by atoms with Gasteiger partial charge in [0.25, 0.3) is 0 Å². The summed E-state index contributed by atoms with van der Waals surface area (Å²) < 4.78 is 10.7. The van der Waals surface area contributed by atoms with E-state index < -0.39 is 0 Å². The number of carbonyl (C=O) groups excluding carboxylic acids is 1. The average Bonchev–Trinajstić information content (AvgIpc) is 2.61. The molecule has 1 heterocycles. The molecule has 1 aromatic rings. The van der Waals surface area contributed by atoms with E-state index >= 15 is 0 Å². The summed E-state index contributed by atoms with van der Waals surface area (Å²) in [6, 6.07) is 3.94. The summed E-state index contributed by atoms with van der Waals surface area (Å²) in [4.78, 5) is 15.5. The lowest BCUT2D eigenvalue weighted by Gasteiger charge is -2.27. The minimum absolute atomic E-state index is 0. The molecule has 24 heavy (non-hydrogen) atoms. The molecule has 0 bridgehead atoms. The molecule has 1 aliphatic rings. The van der Waals surface area contributed by atoms with Crippen LogP contribution in [0, 0.1) is 5.92 Å². The first-order valence-corrected chi connectivity index (χ1v) is 9.07.